The largest absolute Gasteiger partial charge is 0.317 e. The van der Waals surface area contributed by atoms with E-state index in [9.17, 15) is 4.79 Å². The van der Waals surface area contributed by atoms with Crippen molar-refractivity contribution in [3.63, 3.8) is 0 Å². The molecule has 1 aromatic carbocycles. The van der Waals surface area contributed by atoms with Gasteiger partial charge >= 0.3 is 0 Å². The highest BCUT2D eigenvalue weighted by Gasteiger charge is 2.22. The quantitative estimate of drug-likeness (QED) is 0.858. The average Bonchev–Trinajstić information content (AvgIpc) is 2.77. The average molecular weight is 258 g/mol. The first-order valence-electron chi connectivity index (χ1n) is 6.69. The molecule has 1 saturated heterocycles. The molecule has 0 bridgehead atoms. The van der Waals surface area contributed by atoms with E-state index in [-0.39, 0.29) is 11.8 Å². The summed E-state index contributed by atoms with van der Waals surface area (Å²) < 4.78 is 1.92. The summed E-state index contributed by atoms with van der Waals surface area (Å²) in [5, 5.41) is 6.22. The lowest BCUT2D eigenvalue weighted by atomic mass is 9.97. The molecule has 0 atom stereocenters. The lowest BCUT2D eigenvalue weighted by Gasteiger charge is -2.21. The molecule has 0 spiro atoms. The highest BCUT2D eigenvalue weighted by atomic mass is 16.2. The summed E-state index contributed by atoms with van der Waals surface area (Å²) in [4.78, 5) is 16.7. The number of amides is 1. The van der Waals surface area contributed by atoms with Crippen LogP contribution in [-0.2, 0) is 11.8 Å². The van der Waals surface area contributed by atoms with Crippen molar-refractivity contribution >= 4 is 22.9 Å². The van der Waals surface area contributed by atoms with Gasteiger partial charge in [0.15, 0.2) is 0 Å². The van der Waals surface area contributed by atoms with Crippen LogP contribution in [0.1, 0.15) is 12.8 Å². The number of fused-ring (bicyclic) bond motifs is 1. The van der Waals surface area contributed by atoms with E-state index < -0.39 is 0 Å². The first-order valence-corrected chi connectivity index (χ1v) is 6.69. The molecule has 5 heteroatoms. The monoisotopic (exact) mass is 258 g/mol. The number of carbonyl (C=O) groups is 1. The minimum Gasteiger partial charge on any atom is -0.317 e. The summed E-state index contributed by atoms with van der Waals surface area (Å²) >= 11 is 0. The van der Waals surface area contributed by atoms with Crippen molar-refractivity contribution in [1.82, 2.24) is 14.9 Å². The number of rotatable bonds is 2. The number of nitrogens with zero attached hydrogens (tertiary/aromatic N) is 2. The number of aryl methyl sites for hydroxylation is 1. The van der Waals surface area contributed by atoms with Crippen molar-refractivity contribution in [2.24, 2.45) is 13.0 Å². The number of nitrogens with one attached hydrogen (secondary N) is 2. The first-order chi connectivity index (χ1) is 9.25. The van der Waals surface area contributed by atoms with E-state index in [0.717, 1.165) is 37.0 Å². The topological polar surface area (TPSA) is 59.0 Å². The molecule has 19 heavy (non-hydrogen) atoms. The van der Waals surface area contributed by atoms with Crippen LogP contribution in [0.3, 0.4) is 0 Å². The minimum absolute atomic E-state index is 0.0832. The lowest BCUT2D eigenvalue weighted by Crippen LogP contribution is -2.35. The van der Waals surface area contributed by atoms with E-state index >= 15 is 0 Å². The summed E-state index contributed by atoms with van der Waals surface area (Å²) in [6.45, 7) is 1.83. The van der Waals surface area contributed by atoms with Crippen LogP contribution in [-0.4, -0.2) is 28.5 Å². The normalized spacial score (nSPS) is 16.7. The third-order valence-electron chi connectivity index (χ3n) is 3.73. The van der Waals surface area contributed by atoms with Gasteiger partial charge in [0.1, 0.15) is 0 Å². The molecule has 100 valence electrons. The van der Waals surface area contributed by atoms with Crippen molar-refractivity contribution in [2.45, 2.75) is 12.8 Å². The summed E-state index contributed by atoms with van der Waals surface area (Å²) in [5.41, 5.74) is 1.94. The Kier molecular flexibility index (Phi) is 3.21. The SMILES string of the molecule is Cn1c(NC(=O)C2CCNCC2)nc2ccccc21. The van der Waals surface area contributed by atoms with Crippen molar-refractivity contribution in [3.05, 3.63) is 24.3 Å². The Hall–Kier alpha value is -1.88. The van der Waals surface area contributed by atoms with Crippen LogP contribution >= 0.6 is 0 Å². The highest BCUT2D eigenvalue weighted by Crippen LogP contribution is 2.19. The van der Waals surface area contributed by atoms with E-state index in [1.165, 1.54) is 0 Å². The van der Waals surface area contributed by atoms with Crippen LogP contribution in [0.25, 0.3) is 11.0 Å². The number of hydrogen-bond acceptors (Lipinski definition) is 3. The molecule has 3 rings (SSSR count). The number of imidazole rings is 1. The van der Waals surface area contributed by atoms with Gasteiger partial charge in [0.2, 0.25) is 11.9 Å². The van der Waals surface area contributed by atoms with E-state index in [0.29, 0.717) is 5.95 Å². The number of para-hydroxylation sites is 2. The van der Waals surface area contributed by atoms with Crippen LogP contribution < -0.4 is 10.6 Å². The number of aromatic nitrogens is 2. The maximum absolute atomic E-state index is 12.2. The Bertz CT molecular complexity index is 599. The Labute approximate surface area is 112 Å². The number of benzene rings is 1. The molecule has 1 aliphatic heterocycles. The molecule has 1 aliphatic rings. The molecule has 5 nitrogen and oxygen atoms in total. The summed E-state index contributed by atoms with van der Waals surface area (Å²) in [5.74, 6) is 0.811. The molecule has 0 aliphatic carbocycles. The van der Waals surface area contributed by atoms with Crippen LogP contribution in [0, 0.1) is 5.92 Å². The molecule has 0 unspecified atom stereocenters. The van der Waals surface area contributed by atoms with Gasteiger partial charge in [-0.15, -0.1) is 0 Å². The Morgan fingerprint density at radius 2 is 2.11 bits per heavy atom. The van der Waals surface area contributed by atoms with Crippen molar-refractivity contribution < 1.29 is 4.79 Å². The molecule has 2 heterocycles. The van der Waals surface area contributed by atoms with Gasteiger partial charge in [-0.05, 0) is 38.1 Å². The predicted molar refractivity (Wildman–Crippen MR) is 74.9 cm³/mol. The van der Waals surface area contributed by atoms with Gasteiger partial charge in [-0.3, -0.25) is 10.1 Å². The second kappa shape index (κ2) is 5.01. The van der Waals surface area contributed by atoms with Crippen LogP contribution in [0.5, 0.6) is 0 Å². The Morgan fingerprint density at radius 1 is 1.37 bits per heavy atom. The molecule has 2 N–H and O–H groups in total. The maximum atomic E-state index is 12.2. The zero-order valence-corrected chi connectivity index (χ0v) is 11.0. The molecular formula is C14H18N4O. The van der Waals surface area contributed by atoms with Gasteiger partial charge in [-0.1, -0.05) is 12.1 Å². The van der Waals surface area contributed by atoms with Gasteiger partial charge in [-0.2, -0.15) is 0 Å². The standard InChI is InChI=1S/C14H18N4O/c1-18-12-5-3-2-4-11(12)16-14(18)17-13(19)10-6-8-15-9-7-10/h2-5,10,15H,6-9H2,1H3,(H,16,17,19). The van der Waals surface area contributed by atoms with E-state index in [1.807, 2.05) is 35.9 Å². The molecule has 2 aromatic rings. The van der Waals surface area contributed by atoms with Crippen LogP contribution in [0.4, 0.5) is 5.95 Å². The predicted octanol–water partition coefficient (Wildman–Crippen LogP) is 1.51. The van der Waals surface area contributed by atoms with Gasteiger partial charge < -0.3 is 9.88 Å². The molecule has 0 saturated carbocycles. The molecule has 1 aromatic heterocycles. The molecular weight excluding hydrogens is 240 g/mol. The smallest absolute Gasteiger partial charge is 0.229 e. The van der Waals surface area contributed by atoms with Crippen LogP contribution in [0.2, 0.25) is 0 Å². The van der Waals surface area contributed by atoms with E-state index in [2.05, 4.69) is 15.6 Å². The van der Waals surface area contributed by atoms with Gasteiger partial charge in [0.25, 0.3) is 0 Å². The number of piperidine rings is 1. The Morgan fingerprint density at radius 3 is 2.84 bits per heavy atom. The summed E-state index contributed by atoms with van der Waals surface area (Å²) in [6.07, 6.45) is 1.80. The third-order valence-corrected chi connectivity index (χ3v) is 3.73. The fraction of sp³-hybridized carbons (Fsp3) is 0.429. The zero-order valence-electron chi connectivity index (χ0n) is 11.0. The van der Waals surface area contributed by atoms with Gasteiger partial charge in [0, 0.05) is 13.0 Å². The first kappa shape index (κ1) is 12.2. The van der Waals surface area contributed by atoms with E-state index in [1.54, 1.807) is 0 Å². The second-order valence-electron chi connectivity index (χ2n) is 5.00. The minimum atomic E-state index is 0.0832. The van der Waals surface area contributed by atoms with Crippen LogP contribution in [0.15, 0.2) is 24.3 Å². The maximum Gasteiger partial charge on any atom is 0.229 e. The second-order valence-corrected chi connectivity index (χ2v) is 5.00. The Balaban J connectivity index is 1.81. The number of carbonyl (C=O) groups excluding carboxylic acids is 1. The number of anilines is 1. The fourth-order valence-electron chi connectivity index (χ4n) is 2.55. The van der Waals surface area contributed by atoms with Crippen molar-refractivity contribution in [1.29, 1.82) is 0 Å². The summed E-state index contributed by atoms with van der Waals surface area (Å²) in [7, 11) is 1.92. The lowest BCUT2D eigenvalue weighted by molar-refractivity contribution is -0.120. The van der Waals surface area contributed by atoms with Crippen molar-refractivity contribution in [3.8, 4) is 0 Å². The van der Waals surface area contributed by atoms with Gasteiger partial charge in [-0.25, -0.2) is 4.98 Å². The van der Waals surface area contributed by atoms with Gasteiger partial charge in [0.05, 0.1) is 11.0 Å². The third kappa shape index (κ3) is 2.33. The fourth-order valence-corrected chi connectivity index (χ4v) is 2.55. The molecule has 0 radical (unpaired) electrons. The molecule has 1 amide bonds. The number of hydrogen-bond donors (Lipinski definition) is 2. The highest BCUT2D eigenvalue weighted by molar-refractivity contribution is 5.93. The zero-order chi connectivity index (χ0) is 13.2. The van der Waals surface area contributed by atoms with Crippen molar-refractivity contribution in [2.75, 3.05) is 18.4 Å². The summed E-state index contributed by atoms with van der Waals surface area (Å²) in [6, 6.07) is 7.88. The molecule has 1 fully saturated rings. The van der Waals surface area contributed by atoms with E-state index in [4.69, 9.17) is 0 Å².